The second kappa shape index (κ2) is 9.63. The SMILES string of the molecule is CCCO[SiH](N(C)Cc1ccccc1)N(C)Cc1ccccc1. The van der Waals surface area contributed by atoms with Gasteiger partial charge >= 0.3 is 9.36 Å². The molecular formula is C19H28N2OSi. The van der Waals surface area contributed by atoms with Crippen LogP contribution >= 0.6 is 0 Å². The molecule has 124 valence electrons. The Labute approximate surface area is 142 Å². The van der Waals surface area contributed by atoms with Gasteiger partial charge < -0.3 is 4.43 Å². The molecule has 0 aliphatic heterocycles. The van der Waals surface area contributed by atoms with Crippen molar-refractivity contribution in [2.24, 2.45) is 0 Å². The quantitative estimate of drug-likeness (QED) is 0.656. The molecule has 0 atom stereocenters. The van der Waals surface area contributed by atoms with E-state index in [1.807, 2.05) is 0 Å². The van der Waals surface area contributed by atoms with Crippen LogP contribution in [0.3, 0.4) is 0 Å². The Morgan fingerprint density at radius 2 is 1.22 bits per heavy atom. The predicted molar refractivity (Wildman–Crippen MR) is 99.2 cm³/mol. The highest BCUT2D eigenvalue weighted by atomic mass is 28.3. The van der Waals surface area contributed by atoms with Crippen LogP contribution in [0.15, 0.2) is 60.7 Å². The molecule has 0 unspecified atom stereocenters. The van der Waals surface area contributed by atoms with Gasteiger partial charge in [-0.2, -0.15) is 0 Å². The van der Waals surface area contributed by atoms with Gasteiger partial charge in [-0.3, -0.25) is 9.13 Å². The molecule has 0 fully saturated rings. The average Bonchev–Trinajstić information content (AvgIpc) is 2.57. The topological polar surface area (TPSA) is 15.7 Å². The minimum absolute atomic E-state index is 0.829. The second-order valence-electron chi connectivity index (χ2n) is 6.00. The lowest BCUT2D eigenvalue weighted by Crippen LogP contribution is -2.51. The highest BCUT2D eigenvalue weighted by molar-refractivity contribution is 6.45. The summed E-state index contributed by atoms with van der Waals surface area (Å²) in [5.41, 5.74) is 2.67. The minimum atomic E-state index is -1.61. The molecule has 2 aromatic carbocycles. The van der Waals surface area contributed by atoms with Crippen LogP contribution in [0.4, 0.5) is 0 Å². The van der Waals surface area contributed by atoms with E-state index in [9.17, 15) is 0 Å². The van der Waals surface area contributed by atoms with E-state index in [-0.39, 0.29) is 0 Å². The Hall–Kier alpha value is -1.46. The Morgan fingerprint density at radius 1 is 0.783 bits per heavy atom. The molecule has 4 heteroatoms. The Morgan fingerprint density at radius 3 is 1.61 bits per heavy atom. The van der Waals surface area contributed by atoms with Crippen molar-refractivity contribution in [3.8, 4) is 0 Å². The van der Waals surface area contributed by atoms with Gasteiger partial charge in [-0.25, -0.2) is 0 Å². The van der Waals surface area contributed by atoms with Gasteiger partial charge in [0.2, 0.25) is 0 Å². The number of nitrogens with zero attached hydrogens (tertiary/aromatic N) is 2. The molecule has 0 aromatic heterocycles. The summed E-state index contributed by atoms with van der Waals surface area (Å²) in [6, 6.07) is 21.2. The third kappa shape index (κ3) is 5.92. The maximum atomic E-state index is 6.25. The van der Waals surface area contributed by atoms with Gasteiger partial charge in [-0.05, 0) is 31.6 Å². The lowest BCUT2D eigenvalue weighted by atomic mass is 10.2. The molecule has 0 aliphatic carbocycles. The molecule has 0 N–H and O–H groups in total. The summed E-state index contributed by atoms with van der Waals surface area (Å²) in [5.74, 6) is 0. The number of hydrogen-bond donors (Lipinski definition) is 0. The Balaban J connectivity index is 2.02. The van der Waals surface area contributed by atoms with Gasteiger partial charge in [-0.15, -0.1) is 0 Å². The molecule has 0 bridgehead atoms. The minimum Gasteiger partial charge on any atom is -0.394 e. The molecule has 0 aliphatic rings. The monoisotopic (exact) mass is 328 g/mol. The van der Waals surface area contributed by atoms with Crippen molar-refractivity contribution in [3.05, 3.63) is 71.8 Å². The number of hydrogen-bond acceptors (Lipinski definition) is 3. The second-order valence-corrected chi connectivity index (χ2v) is 8.75. The first-order valence-corrected chi connectivity index (χ1v) is 9.81. The van der Waals surface area contributed by atoms with Gasteiger partial charge in [0.15, 0.2) is 0 Å². The van der Waals surface area contributed by atoms with Gasteiger partial charge in [0.1, 0.15) is 0 Å². The van der Waals surface area contributed by atoms with Crippen molar-refractivity contribution >= 4 is 9.36 Å². The van der Waals surface area contributed by atoms with E-state index in [4.69, 9.17) is 4.43 Å². The van der Waals surface area contributed by atoms with E-state index >= 15 is 0 Å². The number of rotatable bonds is 9. The fourth-order valence-corrected chi connectivity index (χ4v) is 5.08. The fraction of sp³-hybridized carbons (Fsp3) is 0.368. The van der Waals surface area contributed by atoms with Gasteiger partial charge in [0.25, 0.3) is 0 Å². The molecule has 0 saturated carbocycles. The average molecular weight is 329 g/mol. The van der Waals surface area contributed by atoms with Crippen LogP contribution < -0.4 is 0 Å². The van der Waals surface area contributed by atoms with Crippen LogP contribution in [0.1, 0.15) is 24.5 Å². The third-order valence-electron chi connectivity index (χ3n) is 3.77. The van der Waals surface area contributed by atoms with Crippen LogP contribution in [-0.2, 0) is 17.5 Å². The first-order valence-electron chi connectivity index (χ1n) is 8.30. The molecule has 23 heavy (non-hydrogen) atoms. The largest absolute Gasteiger partial charge is 0.394 e. The summed E-state index contributed by atoms with van der Waals surface area (Å²) >= 11 is 0. The van der Waals surface area contributed by atoms with E-state index < -0.39 is 9.36 Å². The molecule has 2 rings (SSSR count). The summed E-state index contributed by atoms with van der Waals surface area (Å²) in [6.45, 7) is 4.86. The molecule has 0 saturated heterocycles. The normalized spacial score (nSPS) is 11.6. The van der Waals surface area contributed by atoms with Crippen LogP contribution in [0.2, 0.25) is 0 Å². The van der Waals surface area contributed by atoms with Crippen molar-refractivity contribution in [1.29, 1.82) is 0 Å². The third-order valence-corrected chi connectivity index (χ3v) is 6.18. The maximum Gasteiger partial charge on any atom is 0.340 e. The van der Waals surface area contributed by atoms with Crippen molar-refractivity contribution in [3.63, 3.8) is 0 Å². The van der Waals surface area contributed by atoms with Gasteiger partial charge in [-0.1, -0.05) is 67.6 Å². The lowest BCUT2D eigenvalue weighted by Gasteiger charge is -2.33. The Bertz CT molecular complexity index is 502. The molecule has 0 heterocycles. The highest BCUT2D eigenvalue weighted by Gasteiger charge is 2.24. The van der Waals surface area contributed by atoms with Crippen LogP contribution in [-0.4, -0.2) is 39.2 Å². The van der Waals surface area contributed by atoms with Crippen molar-refractivity contribution in [2.75, 3.05) is 20.7 Å². The zero-order valence-electron chi connectivity index (χ0n) is 14.5. The summed E-state index contributed by atoms with van der Waals surface area (Å²) < 4.78 is 11.0. The molecule has 0 amide bonds. The van der Waals surface area contributed by atoms with Crippen LogP contribution in [0.5, 0.6) is 0 Å². The Kier molecular flexibility index (Phi) is 7.48. The van der Waals surface area contributed by atoms with Crippen molar-refractivity contribution < 1.29 is 4.43 Å². The fourth-order valence-electron chi connectivity index (χ4n) is 2.71. The standard InChI is InChI=1S/C19H28N2OSi/c1-4-15-22-23(20(2)16-18-11-7-5-8-12-18)21(3)17-19-13-9-6-10-14-19/h5-14,23H,4,15-17H2,1-3H3. The summed E-state index contributed by atoms with van der Waals surface area (Å²) in [5, 5.41) is 0. The maximum absolute atomic E-state index is 6.25. The van der Waals surface area contributed by atoms with Gasteiger partial charge in [0, 0.05) is 19.7 Å². The van der Waals surface area contributed by atoms with E-state index in [0.29, 0.717) is 0 Å². The molecular weight excluding hydrogens is 300 g/mol. The zero-order chi connectivity index (χ0) is 16.5. The highest BCUT2D eigenvalue weighted by Crippen LogP contribution is 2.11. The molecule has 2 aromatic rings. The van der Waals surface area contributed by atoms with E-state index in [0.717, 1.165) is 26.1 Å². The summed E-state index contributed by atoms with van der Waals surface area (Å²) in [6.07, 6.45) is 1.06. The van der Waals surface area contributed by atoms with Gasteiger partial charge in [0.05, 0.1) is 0 Å². The summed E-state index contributed by atoms with van der Waals surface area (Å²) in [7, 11) is 2.75. The van der Waals surface area contributed by atoms with Crippen molar-refractivity contribution in [2.45, 2.75) is 26.4 Å². The van der Waals surface area contributed by atoms with Crippen molar-refractivity contribution in [1.82, 2.24) is 9.13 Å². The lowest BCUT2D eigenvalue weighted by molar-refractivity contribution is 0.217. The van der Waals surface area contributed by atoms with Crippen LogP contribution in [0.25, 0.3) is 0 Å². The van der Waals surface area contributed by atoms with E-state index in [1.165, 1.54) is 11.1 Å². The smallest absolute Gasteiger partial charge is 0.340 e. The molecule has 3 nitrogen and oxygen atoms in total. The van der Waals surface area contributed by atoms with E-state index in [1.54, 1.807) is 0 Å². The molecule has 0 radical (unpaired) electrons. The summed E-state index contributed by atoms with van der Waals surface area (Å²) in [4.78, 5) is 0. The molecule has 0 spiro atoms. The number of benzene rings is 2. The van der Waals surface area contributed by atoms with Crippen LogP contribution in [0, 0.1) is 0 Å². The first-order chi connectivity index (χ1) is 11.2. The zero-order valence-corrected chi connectivity index (χ0v) is 15.6. The van der Waals surface area contributed by atoms with E-state index in [2.05, 4.69) is 90.8 Å². The predicted octanol–water partition coefficient (Wildman–Crippen LogP) is 3.39. The first kappa shape index (κ1) is 17.9.